The quantitative estimate of drug-likeness (QED) is 0.739. The van der Waals surface area contributed by atoms with Crippen molar-refractivity contribution >= 4 is 17.6 Å². The van der Waals surface area contributed by atoms with Gasteiger partial charge in [0.15, 0.2) is 0 Å². The van der Waals surface area contributed by atoms with Gasteiger partial charge in [-0.15, -0.1) is 0 Å². The molecule has 0 radical (unpaired) electrons. The molecule has 0 atom stereocenters. The minimum atomic E-state index is -0.787. The predicted octanol–water partition coefficient (Wildman–Crippen LogP) is 1.42. The molecule has 1 aromatic rings. The summed E-state index contributed by atoms with van der Waals surface area (Å²) in [5, 5.41) is 11.4. The van der Waals surface area contributed by atoms with Crippen molar-refractivity contribution in [1.29, 1.82) is 0 Å². The van der Waals surface area contributed by atoms with Crippen molar-refractivity contribution in [3.05, 3.63) is 29.8 Å². The maximum atomic E-state index is 11.8. The lowest BCUT2D eigenvalue weighted by atomic mass is 10.2. The molecule has 1 heterocycles. The van der Waals surface area contributed by atoms with Gasteiger partial charge in [0, 0.05) is 25.2 Å². The Hall–Kier alpha value is -2.04. The van der Waals surface area contributed by atoms with Crippen LogP contribution in [0.5, 0.6) is 0 Å². The van der Waals surface area contributed by atoms with Gasteiger partial charge in [0.2, 0.25) is 5.91 Å². The number of carbonyl (C=O) groups excluding carboxylic acids is 1. The highest BCUT2D eigenvalue weighted by Gasteiger charge is 2.19. The van der Waals surface area contributed by atoms with Gasteiger partial charge in [-0.05, 0) is 30.9 Å². The van der Waals surface area contributed by atoms with Crippen molar-refractivity contribution in [1.82, 2.24) is 5.32 Å². The van der Waals surface area contributed by atoms with Crippen molar-refractivity contribution in [3.63, 3.8) is 0 Å². The maximum absolute atomic E-state index is 11.8. The van der Waals surface area contributed by atoms with Gasteiger partial charge in [0.1, 0.15) is 0 Å². The van der Waals surface area contributed by atoms with Crippen LogP contribution in [0.25, 0.3) is 0 Å². The first kappa shape index (κ1) is 14.4. The second-order valence-corrected chi connectivity index (χ2v) is 5.00. The van der Waals surface area contributed by atoms with E-state index >= 15 is 0 Å². The molecule has 20 heavy (non-hydrogen) atoms. The van der Waals surface area contributed by atoms with Crippen LogP contribution in [0, 0.1) is 0 Å². The number of amides is 1. The van der Waals surface area contributed by atoms with Gasteiger partial charge >= 0.3 is 5.97 Å². The molecule has 0 bridgehead atoms. The van der Waals surface area contributed by atoms with Crippen LogP contribution in [0.2, 0.25) is 0 Å². The second kappa shape index (κ2) is 6.93. The molecule has 0 aromatic heterocycles. The Morgan fingerprint density at radius 2 is 2.05 bits per heavy atom. The molecule has 0 fully saturated rings. The lowest BCUT2D eigenvalue weighted by molar-refractivity contribution is -0.137. The van der Waals surface area contributed by atoms with Gasteiger partial charge in [-0.3, -0.25) is 9.59 Å². The fraction of sp³-hybridized carbons (Fsp3) is 0.467. The molecule has 2 N–H and O–H groups in total. The van der Waals surface area contributed by atoms with Gasteiger partial charge in [0.25, 0.3) is 0 Å². The fourth-order valence-electron chi connectivity index (χ4n) is 2.43. The number of carbonyl (C=O) groups is 2. The highest BCUT2D eigenvalue weighted by Crippen LogP contribution is 2.26. The van der Waals surface area contributed by atoms with Crippen LogP contribution in [-0.4, -0.2) is 36.6 Å². The summed E-state index contributed by atoms with van der Waals surface area (Å²) in [5.74, 6) is -0.790. The number of carboxylic acid groups (broad SMARTS) is 1. The van der Waals surface area contributed by atoms with Crippen LogP contribution < -0.4 is 10.2 Å². The standard InChI is InChI=1S/C15H20N2O3/c18-14(16-9-4-3-7-15(19)20)11-17-10-8-12-5-1-2-6-13(12)17/h1-2,5-6H,3-4,7-11H2,(H,16,18)(H,19,20). The van der Waals surface area contributed by atoms with Gasteiger partial charge in [0.05, 0.1) is 6.54 Å². The normalized spacial score (nSPS) is 13.1. The van der Waals surface area contributed by atoms with E-state index in [1.165, 1.54) is 5.56 Å². The zero-order valence-electron chi connectivity index (χ0n) is 11.5. The number of benzene rings is 1. The van der Waals surface area contributed by atoms with E-state index in [2.05, 4.69) is 16.3 Å². The maximum Gasteiger partial charge on any atom is 0.303 e. The number of carboxylic acids is 1. The van der Waals surface area contributed by atoms with Crippen LogP contribution in [0.3, 0.4) is 0 Å². The molecular formula is C15H20N2O3. The van der Waals surface area contributed by atoms with E-state index < -0.39 is 5.97 Å². The largest absolute Gasteiger partial charge is 0.481 e. The molecule has 1 aliphatic heterocycles. The van der Waals surface area contributed by atoms with Gasteiger partial charge in [-0.25, -0.2) is 0 Å². The van der Waals surface area contributed by atoms with E-state index in [0.29, 0.717) is 25.9 Å². The molecule has 0 spiro atoms. The first-order valence-corrected chi connectivity index (χ1v) is 6.98. The number of unbranched alkanes of at least 4 members (excludes halogenated alkanes) is 1. The molecule has 1 aliphatic rings. The SMILES string of the molecule is O=C(O)CCCCNC(=O)CN1CCc2ccccc21. The number of fused-ring (bicyclic) bond motifs is 1. The molecule has 108 valence electrons. The summed E-state index contributed by atoms with van der Waals surface area (Å²) in [4.78, 5) is 24.3. The zero-order chi connectivity index (χ0) is 14.4. The van der Waals surface area contributed by atoms with Gasteiger partial charge < -0.3 is 15.3 Å². The number of rotatable bonds is 7. The number of hydrogen-bond donors (Lipinski definition) is 2. The average molecular weight is 276 g/mol. The Bertz CT molecular complexity index is 488. The minimum Gasteiger partial charge on any atom is -0.481 e. The highest BCUT2D eigenvalue weighted by atomic mass is 16.4. The highest BCUT2D eigenvalue weighted by molar-refractivity contribution is 5.82. The van der Waals surface area contributed by atoms with Crippen LogP contribution in [0.1, 0.15) is 24.8 Å². The number of hydrogen-bond acceptors (Lipinski definition) is 3. The van der Waals surface area contributed by atoms with Crippen molar-refractivity contribution in [3.8, 4) is 0 Å². The third kappa shape index (κ3) is 3.98. The second-order valence-electron chi connectivity index (χ2n) is 5.00. The van der Waals surface area contributed by atoms with Crippen molar-refractivity contribution in [2.24, 2.45) is 0 Å². The molecule has 0 saturated heterocycles. The number of nitrogens with one attached hydrogen (secondary N) is 1. The summed E-state index contributed by atoms with van der Waals surface area (Å²) in [6.45, 7) is 1.79. The van der Waals surface area contributed by atoms with Crippen molar-refractivity contribution < 1.29 is 14.7 Å². The Balaban J connectivity index is 1.69. The molecule has 1 amide bonds. The van der Waals surface area contributed by atoms with E-state index in [9.17, 15) is 9.59 Å². The molecule has 0 saturated carbocycles. The molecule has 1 aromatic carbocycles. The van der Waals surface area contributed by atoms with Crippen LogP contribution in [0.15, 0.2) is 24.3 Å². The molecule has 2 rings (SSSR count). The predicted molar refractivity (Wildman–Crippen MR) is 76.9 cm³/mol. The molecule has 0 aliphatic carbocycles. The number of anilines is 1. The van der Waals surface area contributed by atoms with Crippen molar-refractivity contribution in [2.75, 3.05) is 24.5 Å². The summed E-state index contributed by atoms with van der Waals surface area (Å²) < 4.78 is 0. The Morgan fingerprint density at radius 3 is 2.85 bits per heavy atom. The minimum absolute atomic E-state index is 0.00275. The zero-order valence-corrected chi connectivity index (χ0v) is 11.5. The summed E-state index contributed by atoms with van der Waals surface area (Å²) >= 11 is 0. The molecule has 5 heteroatoms. The smallest absolute Gasteiger partial charge is 0.303 e. The van der Waals surface area contributed by atoms with E-state index in [0.717, 1.165) is 18.7 Å². The van der Waals surface area contributed by atoms with Gasteiger partial charge in [-0.1, -0.05) is 18.2 Å². The number of nitrogens with zero attached hydrogens (tertiary/aromatic N) is 1. The Morgan fingerprint density at radius 1 is 1.25 bits per heavy atom. The summed E-state index contributed by atoms with van der Waals surface area (Å²) in [6.07, 6.45) is 2.45. The van der Waals surface area contributed by atoms with Crippen LogP contribution in [-0.2, 0) is 16.0 Å². The first-order chi connectivity index (χ1) is 9.66. The topological polar surface area (TPSA) is 69.6 Å². The average Bonchev–Trinajstić information content (AvgIpc) is 2.81. The Labute approximate surface area is 118 Å². The third-order valence-corrected chi connectivity index (χ3v) is 3.46. The summed E-state index contributed by atoms with van der Waals surface area (Å²) in [7, 11) is 0. The van der Waals surface area contributed by atoms with Crippen LogP contribution in [0.4, 0.5) is 5.69 Å². The molecule has 0 unspecified atom stereocenters. The fourth-order valence-corrected chi connectivity index (χ4v) is 2.43. The lowest BCUT2D eigenvalue weighted by Gasteiger charge is -2.18. The Kier molecular flexibility index (Phi) is 4.98. The van der Waals surface area contributed by atoms with Gasteiger partial charge in [-0.2, -0.15) is 0 Å². The van der Waals surface area contributed by atoms with E-state index in [-0.39, 0.29) is 12.3 Å². The summed E-state index contributed by atoms with van der Waals surface area (Å²) in [6, 6.07) is 8.15. The molecular weight excluding hydrogens is 256 g/mol. The number of aliphatic carboxylic acids is 1. The third-order valence-electron chi connectivity index (χ3n) is 3.46. The number of para-hydroxylation sites is 1. The van der Waals surface area contributed by atoms with Crippen LogP contribution >= 0.6 is 0 Å². The lowest BCUT2D eigenvalue weighted by Crippen LogP contribution is -2.36. The monoisotopic (exact) mass is 276 g/mol. The molecule has 5 nitrogen and oxygen atoms in total. The van der Waals surface area contributed by atoms with E-state index in [1.54, 1.807) is 0 Å². The first-order valence-electron chi connectivity index (χ1n) is 6.98. The van der Waals surface area contributed by atoms with Crippen molar-refractivity contribution in [2.45, 2.75) is 25.7 Å². The summed E-state index contributed by atoms with van der Waals surface area (Å²) in [5.41, 5.74) is 2.44. The van der Waals surface area contributed by atoms with E-state index in [4.69, 9.17) is 5.11 Å². The van der Waals surface area contributed by atoms with E-state index in [1.807, 2.05) is 18.2 Å².